The molecular formula is C36H48N4O5. The first-order valence-corrected chi connectivity index (χ1v) is 15.9. The minimum absolute atomic E-state index is 0.0211. The Balaban J connectivity index is 1.34. The van der Waals surface area contributed by atoms with E-state index in [1.54, 1.807) is 4.90 Å². The molecule has 0 saturated carbocycles. The molecule has 2 unspecified atom stereocenters. The van der Waals surface area contributed by atoms with Crippen LogP contribution in [-0.4, -0.2) is 78.2 Å². The second-order valence-electron chi connectivity index (χ2n) is 13.0. The van der Waals surface area contributed by atoms with Crippen LogP contribution in [-0.2, 0) is 32.1 Å². The van der Waals surface area contributed by atoms with Crippen molar-refractivity contribution >= 4 is 28.5 Å². The number of hydrogen-bond donors (Lipinski definition) is 4. The van der Waals surface area contributed by atoms with Gasteiger partial charge in [-0.05, 0) is 41.7 Å². The third-order valence-electron chi connectivity index (χ3n) is 8.05. The van der Waals surface area contributed by atoms with Gasteiger partial charge in [0.25, 0.3) is 0 Å². The fourth-order valence-electron chi connectivity index (χ4n) is 5.53. The number of carbonyl (C=O) groups excluding carboxylic acids is 3. The van der Waals surface area contributed by atoms with E-state index >= 15 is 0 Å². The molecule has 4 atom stereocenters. The lowest BCUT2D eigenvalue weighted by Gasteiger charge is -2.31. The number of rotatable bonds is 14. The highest BCUT2D eigenvalue weighted by molar-refractivity contribution is 5.93. The molecular weight excluding hydrogens is 568 g/mol. The van der Waals surface area contributed by atoms with Gasteiger partial charge in [0.2, 0.25) is 17.7 Å². The van der Waals surface area contributed by atoms with Crippen LogP contribution in [0.2, 0.25) is 0 Å². The van der Waals surface area contributed by atoms with Gasteiger partial charge in [0.15, 0.2) is 0 Å². The zero-order valence-corrected chi connectivity index (χ0v) is 26.9. The molecule has 3 aromatic carbocycles. The van der Waals surface area contributed by atoms with Gasteiger partial charge in [-0.3, -0.25) is 14.4 Å². The maximum atomic E-state index is 13.5. The topological polar surface area (TPSA) is 120 Å². The molecule has 3 amide bonds. The van der Waals surface area contributed by atoms with Crippen LogP contribution in [0.5, 0.6) is 0 Å². The maximum absolute atomic E-state index is 13.5. The molecule has 3 aromatic rings. The molecule has 1 aliphatic rings. The molecule has 242 valence electrons. The highest BCUT2D eigenvalue weighted by Crippen LogP contribution is 2.26. The van der Waals surface area contributed by atoms with Crippen molar-refractivity contribution in [3.8, 4) is 0 Å². The highest BCUT2D eigenvalue weighted by Gasteiger charge is 2.39. The number of likely N-dealkylation sites (tertiary alicyclic amines) is 1. The molecule has 1 fully saturated rings. The molecule has 0 aliphatic carbocycles. The second kappa shape index (κ2) is 16.0. The molecule has 4 rings (SSSR count). The summed E-state index contributed by atoms with van der Waals surface area (Å²) < 4.78 is 5.86. The summed E-state index contributed by atoms with van der Waals surface area (Å²) in [6.07, 6.45) is 0.662. The third kappa shape index (κ3) is 10.1. The minimum atomic E-state index is -0.877. The Hall–Kier alpha value is -3.79. The number of aliphatic hydroxyl groups is 1. The Kier molecular flexibility index (Phi) is 12.1. The number of benzene rings is 3. The van der Waals surface area contributed by atoms with E-state index in [0.717, 1.165) is 28.3 Å². The number of hydrogen-bond acceptors (Lipinski definition) is 6. The average Bonchev–Trinajstić information content (AvgIpc) is 3.52. The predicted molar refractivity (Wildman–Crippen MR) is 176 cm³/mol. The first-order valence-electron chi connectivity index (χ1n) is 15.9. The van der Waals surface area contributed by atoms with E-state index in [0.29, 0.717) is 26.1 Å². The van der Waals surface area contributed by atoms with E-state index in [-0.39, 0.29) is 43.3 Å². The first kappa shape index (κ1) is 34.1. The molecule has 1 heterocycles. The van der Waals surface area contributed by atoms with Crippen LogP contribution in [0.3, 0.4) is 0 Å². The maximum Gasteiger partial charge on any atom is 0.243 e. The number of fused-ring (bicyclic) bond motifs is 1. The van der Waals surface area contributed by atoms with Crippen molar-refractivity contribution in [2.45, 2.75) is 77.9 Å². The summed E-state index contributed by atoms with van der Waals surface area (Å²) in [5, 5.41) is 21.7. The van der Waals surface area contributed by atoms with E-state index in [9.17, 15) is 19.5 Å². The lowest BCUT2D eigenvalue weighted by Crippen LogP contribution is -2.55. The van der Waals surface area contributed by atoms with Crippen LogP contribution in [0.1, 0.15) is 51.7 Å². The molecule has 1 saturated heterocycles. The van der Waals surface area contributed by atoms with Crippen molar-refractivity contribution in [1.29, 1.82) is 0 Å². The Morgan fingerprint density at radius 3 is 2.38 bits per heavy atom. The van der Waals surface area contributed by atoms with E-state index in [4.69, 9.17) is 4.74 Å². The van der Waals surface area contributed by atoms with Gasteiger partial charge in [0.05, 0.1) is 18.8 Å². The van der Waals surface area contributed by atoms with Gasteiger partial charge >= 0.3 is 0 Å². The Morgan fingerprint density at radius 2 is 1.64 bits per heavy atom. The molecule has 0 radical (unpaired) electrons. The van der Waals surface area contributed by atoms with Gasteiger partial charge in [0, 0.05) is 38.0 Å². The summed E-state index contributed by atoms with van der Waals surface area (Å²) in [5.41, 5.74) is 1.38. The van der Waals surface area contributed by atoms with Crippen molar-refractivity contribution in [3.63, 3.8) is 0 Å². The molecule has 45 heavy (non-hydrogen) atoms. The van der Waals surface area contributed by atoms with Crippen molar-refractivity contribution in [3.05, 3.63) is 83.9 Å². The number of carbonyl (C=O) groups is 3. The standard InChI is InChI=1S/C36H48N4O5/c1-25(45-24-26-11-6-5-7-12-26)21-37-22-30(41)23-38-33(42)31(20-27-16-17-28-13-8-9-14-29(28)19-27)39-34(43)32-15-10-18-40(32)35(44)36(2,3)4/h5-9,11-14,16-17,19,25,30-32,37,41H,10,15,18,20-24H2,1-4H3,(H,38,42)(H,39,43)/t25-,30?,31-,32?/m1/s1. The zero-order valence-electron chi connectivity index (χ0n) is 26.9. The molecule has 0 bridgehead atoms. The largest absolute Gasteiger partial charge is 0.390 e. The van der Waals surface area contributed by atoms with Crippen molar-refractivity contribution in [1.82, 2.24) is 20.9 Å². The highest BCUT2D eigenvalue weighted by atomic mass is 16.5. The zero-order chi connectivity index (χ0) is 32.4. The van der Waals surface area contributed by atoms with Gasteiger partial charge in [-0.1, -0.05) is 93.6 Å². The monoisotopic (exact) mass is 616 g/mol. The van der Waals surface area contributed by atoms with E-state index in [2.05, 4.69) is 16.0 Å². The Bertz CT molecular complexity index is 1420. The van der Waals surface area contributed by atoms with Gasteiger partial charge in [-0.15, -0.1) is 0 Å². The van der Waals surface area contributed by atoms with Gasteiger partial charge in [0.1, 0.15) is 12.1 Å². The van der Waals surface area contributed by atoms with E-state index in [1.165, 1.54) is 0 Å². The van der Waals surface area contributed by atoms with Gasteiger partial charge < -0.3 is 30.7 Å². The van der Waals surface area contributed by atoms with Crippen molar-refractivity contribution in [2.75, 3.05) is 26.2 Å². The van der Waals surface area contributed by atoms with Crippen molar-refractivity contribution < 1.29 is 24.2 Å². The Labute approximate surface area is 266 Å². The number of aliphatic hydroxyl groups excluding tert-OH is 1. The van der Waals surface area contributed by atoms with E-state index < -0.39 is 23.6 Å². The van der Waals surface area contributed by atoms with Crippen molar-refractivity contribution in [2.24, 2.45) is 5.41 Å². The van der Waals surface area contributed by atoms with Crippen LogP contribution in [0.15, 0.2) is 72.8 Å². The number of nitrogens with one attached hydrogen (secondary N) is 3. The Morgan fingerprint density at radius 1 is 0.933 bits per heavy atom. The van der Waals surface area contributed by atoms with Crippen LogP contribution in [0, 0.1) is 5.41 Å². The average molecular weight is 617 g/mol. The third-order valence-corrected chi connectivity index (χ3v) is 8.05. The SMILES string of the molecule is C[C@H](CNCC(O)CNC(=O)[C@@H](Cc1ccc2ccccc2c1)NC(=O)C1CCCN1C(=O)C(C)(C)C)OCc1ccccc1. The molecule has 0 aromatic heterocycles. The summed E-state index contributed by atoms with van der Waals surface area (Å²) in [6.45, 7) is 9.36. The fraction of sp³-hybridized carbons (Fsp3) is 0.472. The quantitative estimate of drug-likeness (QED) is 0.220. The lowest BCUT2D eigenvalue weighted by molar-refractivity contribution is -0.145. The molecule has 0 spiro atoms. The van der Waals surface area contributed by atoms with Gasteiger partial charge in [-0.2, -0.15) is 0 Å². The fourth-order valence-corrected chi connectivity index (χ4v) is 5.53. The number of amides is 3. The second-order valence-corrected chi connectivity index (χ2v) is 13.0. The predicted octanol–water partition coefficient (Wildman–Crippen LogP) is 3.58. The number of ether oxygens (including phenoxy) is 1. The smallest absolute Gasteiger partial charge is 0.243 e. The molecule has 9 heteroatoms. The van der Waals surface area contributed by atoms with Gasteiger partial charge in [-0.25, -0.2) is 0 Å². The first-order chi connectivity index (χ1) is 21.5. The van der Waals surface area contributed by atoms with E-state index in [1.807, 2.05) is 100 Å². The minimum Gasteiger partial charge on any atom is -0.390 e. The molecule has 1 aliphatic heterocycles. The normalized spacial score (nSPS) is 17.1. The van der Waals surface area contributed by atoms with Crippen LogP contribution < -0.4 is 16.0 Å². The van der Waals surface area contributed by atoms with Crippen LogP contribution in [0.4, 0.5) is 0 Å². The van der Waals surface area contributed by atoms with Crippen LogP contribution >= 0.6 is 0 Å². The summed E-state index contributed by atoms with van der Waals surface area (Å²) in [5.74, 6) is -0.800. The summed E-state index contributed by atoms with van der Waals surface area (Å²) in [6, 6.07) is 22.4. The lowest BCUT2D eigenvalue weighted by atomic mass is 9.94. The summed E-state index contributed by atoms with van der Waals surface area (Å²) in [4.78, 5) is 41.7. The molecule has 9 nitrogen and oxygen atoms in total. The summed E-state index contributed by atoms with van der Waals surface area (Å²) >= 11 is 0. The number of nitrogens with zero attached hydrogens (tertiary/aromatic N) is 1. The molecule has 4 N–H and O–H groups in total. The summed E-state index contributed by atoms with van der Waals surface area (Å²) in [7, 11) is 0. The van der Waals surface area contributed by atoms with Crippen LogP contribution in [0.25, 0.3) is 10.8 Å².